The minimum absolute atomic E-state index is 0.824. The van der Waals surface area contributed by atoms with E-state index in [1.54, 1.807) is 0 Å². The molecule has 1 aliphatic carbocycles. The molecule has 2 unspecified atom stereocenters. The monoisotopic (exact) mass is 211 g/mol. The van der Waals surface area contributed by atoms with E-state index in [0.717, 1.165) is 12.0 Å². The lowest BCUT2D eigenvalue weighted by Crippen LogP contribution is -2.36. The smallest absolute Gasteiger partial charge is 0.00923 e. The molecule has 1 saturated carbocycles. The lowest BCUT2D eigenvalue weighted by Gasteiger charge is -2.31. The highest BCUT2D eigenvalue weighted by Crippen LogP contribution is 2.28. The van der Waals surface area contributed by atoms with E-state index in [0.29, 0.717) is 0 Å². The van der Waals surface area contributed by atoms with Gasteiger partial charge in [-0.15, -0.1) is 0 Å². The fraction of sp³-hybridized carbons (Fsp3) is 1.00. The van der Waals surface area contributed by atoms with Crippen molar-refractivity contribution >= 4 is 0 Å². The van der Waals surface area contributed by atoms with E-state index >= 15 is 0 Å². The highest BCUT2D eigenvalue weighted by Gasteiger charge is 2.22. The van der Waals surface area contributed by atoms with Gasteiger partial charge in [-0.2, -0.15) is 0 Å². The SMILES string of the molecule is CCCCCCCC1CCCCC1NC. The van der Waals surface area contributed by atoms with Crippen molar-refractivity contribution in [3.05, 3.63) is 0 Å². The Morgan fingerprint density at radius 1 is 1.00 bits per heavy atom. The maximum atomic E-state index is 3.51. The number of hydrogen-bond acceptors (Lipinski definition) is 1. The van der Waals surface area contributed by atoms with E-state index in [1.165, 1.54) is 64.2 Å². The minimum atomic E-state index is 0.824. The second-order valence-corrected chi connectivity index (χ2v) is 5.14. The summed E-state index contributed by atoms with van der Waals surface area (Å²) in [5.74, 6) is 0.977. The summed E-state index contributed by atoms with van der Waals surface area (Å²) in [6.07, 6.45) is 14.4. The van der Waals surface area contributed by atoms with Gasteiger partial charge in [0, 0.05) is 6.04 Å². The first-order chi connectivity index (χ1) is 7.38. The fourth-order valence-electron chi connectivity index (χ4n) is 2.94. The third-order valence-electron chi connectivity index (χ3n) is 3.96. The topological polar surface area (TPSA) is 12.0 Å². The zero-order valence-electron chi connectivity index (χ0n) is 10.7. The van der Waals surface area contributed by atoms with Crippen molar-refractivity contribution < 1.29 is 0 Å². The molecule has 0 saturated heterocycles. The normalized spacial score (nSPS) is 26.8. The van der Waals surface area contributed by atoms with E-state index in [-0.39, 0.29) is 0 Å². The van der Waals surface area contributed by atoms with Crippen LogP contribution in [0.1, 0.15) is 71.1 Å². The van der Waals surface area contributed by atoms with Gasteiger partial charge >= 0.3 is 0 Å². The summed E-state index contributed by atoms with van der Waals surface area (Å²) >= 11 is 0. The van der Waals surface area contributed by atoms with Gasteiger partial charge in [-0.25, -0.2) is 0 Å². The van der Waals surface area contributed by atoms with E-state index in [9.17, 15) is 0 Å². The third kappa shape index (κ3) is 5.01. The van der Waals surface area contributed by atoms with Gasteiger partial charge in [0.05, 0.1) is 0 Å². The van der Waals surface area contributed by atoms with Gasteiger partial charge in [0.1, 0.15) is 0 Å². The van der Waals surface area contributed by atoms with E-state index in [1.807, 2.05) is 0 Å². The molecule has 0 aliphatic heterocycles. The molecular weight excluding hydrogens is 182 g/mol. The van der Waals surface area contributed by atoms with E-state index < -0.39 is 0 Å². The molecule has 1 fully saturated rings. The third-order valence-corrected chi connectivity index (χ3v) is 3.96. The molecule has 0 aromatic heterocycles. The Balaban J connectivity index is 2.07. The van der Waals surface area contributed by atoms with Crippen molar-refractivity contribution in [1.29, 1.82) is 0 Å². The highest BCUT2D eigenvalue weighted by molar-refractivity contribution is 4.79. The van der Waals surface area contributed by atoms with Crippen LogP contribution < -0.4 is 5.32 Å². The predicted molar refractivity (Wildman–Crippen MR) is 68.2 cm³/mol. The molecule has 1 aliphatic rings. The molecule has 1 nitrogen and oxygen atoms in total. The van der Waals surface area contributed by atoms with Crippen molar-refractivity contribution in [2.75, 3.05) is 7.05 Å². The predicted octanol–water partition coefficient (Wildman–Crippen LogP) is 4.13. The van der Waals surface area contributed by atoms with Crippen LogP contribution in [0.15, 0.2) is 0 Å². The Kier molecular flexibility index (Phi) is 7.08. The first-order valence-electron chi connectivity index (χ1n) is 7.05. The van der Waals surface area contributed by atoms with Gasteiger partial charge in [0.2, 0.25) is 0 Å². The zero-order valence-corrected chi connectivity index (χ0v) is 10.7. The van der Waals surface area contributed by atoms with Crippen LogP contribution in [0, 0.1) is 5.92 Å². The van der Waals surface area contributed by atoms with Crippen LogP contribution in [0.5, 0.6) is 0 Å². The standard InChI is InChI=1S/C14H29N/c1-3-4-5-6-7-10-13-11-8-9-12-14(13)15-2/h13-15H,3-12H2,1-2H3. The summed E-state index contributed by atoms with van der Waals surface area (Å²) in [7, 11) is 2.14. The molecule has 0 radical (unpaired) electrons. The van der Waals surface area contributed by atoms with Crippen LogP contribution in [0.25, 0.3) is 0 Å². The van der Waals surface area contributed by atoms with Crippen LogP contribution in [-0.4, -0.2) is 13.1 Å². The highest BCUT2D eigenvalue weighted by atomic mass is 14.9. The molecule has 15 heavy (non-hydrogen) atoms. The molecule has 0 spiro atoms. The van der Waals surface area contributed by atoms with Crippen LogP contribution >= 0.6 is 0 Å². The van der Waals surface area contributed by atoms with Gasteiger partial charge in [-0.3, -0.25) is 0 Å². The maximum Gasteiger partial charge on any atom is 0.00923 e. The average Bonchev–Trinajstić information content (AvgIpc) is 2.29. The molecule has 0 heterocycles. The van der Waals surface area contributed by atoms with Gasteiger partial charge in [0.25, 0.3) is 0 Å². The van der Waals surface area contributed by atoms with Crippen LogP contribution in [0.3, 0.4) is 0 Å². The number of nitrogens with one attached hydrogen (secondary N) is 1. The average molecular weight is 211 g/mol. The quantitative estimate of drug-likeness (QED) is 0.624. The Labute approximate surface area is 96.0 Å². The Bertz CT molecular complexity index is 144. The van der Waals surface area contributed by atoms with Crippen LogP contribution in [0.2, 0.25) is 0 Å². The van der Waals surface area contributed by atoms with Gasteiger partial charge in [-0.05, 0) is 32.2 Å². The van der Waals surface area contributed by atoms with E-state index in [4.69, 9.17) is 0 Å². The van der Waals surface area contributed by atoms with Crippen molar-refractivity contribution in [3.8, 4) is 0 Å². The molecule has 2 atom stereocenters. The summed E-state index contributed by atoms with van der Waals surface area (Å²) in [6, 6.07) is 0.824. The molecule has 0 aromatic carbocycles. The molecule has 1 N–H and O–H groups in total. The molecule has 0 aromatic rings. The largest absolute Gasteiger partial charge is 0.317 e. The Morgan fingerprint density at radius 3 is 2.47 bits per heavy atom. The summed E-state index contributed by atoms with van der Waals surface area (Å²) in [4.78, 5) is 0. The van der Waals surface area contributed by atoms with Crippen LogP contribution in [0.4, 0.5) is 0 Å². The van der Waals surface area contributed by atoms with Gasteiger partial charge in [-0.1, -0.05) is 51.9 Å². The molecule has 0 amide bonds. The summed E-state index contributed by atoms with van der Waals surface area (Å²) < 4.78 is 0. The number of hydrogen-bond donors (Lipinski definition) is 1. The summed E-state index contributed by atoms with van der Waals surface area (Å²) in [6.45, 7) is 2.29. The Morgan fingerprint density at radius 2 is 1.73 bits per heavy atom. The molecule has 0 bridgehead atoms. The molecular formula is C14H29N. The molecule has 1 heteroatoms. The summed E-state index contributed by atoms with van der Waals surface area (Å²) in [5, 5.41) is 3.51. The number of rotatable bonds is 7. The second-order valence-electron chi connectivity index (χ2n) is 5.14. The lowest BCUT2D eigenvalue weighted by molar-refractivity contribution is 0.254. The van der Waals surface area contributed by atoms with Crippen LogP contribution in [-0.2, 0) is 0 Å². The second kappa shape index (κ2) is 8.15. The summed E-state index contributed by atoms with van der Waals surface area (Å²) in [5.41, 5.74) is 0. The van der Waals surface area contributed by atoms with Crippen molar-refractivity contribution in [1.82, 2.24) is 5.32 Å². The van der Waals surface area contributed by atoms with Crippen molar-refractivity contribution in [2.45, 2.75) is 77.2 Å². The van der Waals surface area contributed by atoms with Gasteiger partial charge in [0.15, 0.2) is 0 Å². The van der Waals surface area contributed by atoms with E-state index in [2.05, 4.69) is 19.3 Å². The fourth-order valence-corrected chi connectivity index (χ4v) is 2.94. The zero-order chi connectivity index (χ0) is 10.9. The number of unbranched alkanes of at least 4 members (excludes halogenated alkanes) is 4. The van der Waals surface area contributed by atoms with Crippen molar-refractivity contribution in [3.63, 3.8) is 0 Å². The van der Waals surface area contributed by atoms with Gasteiger partial charge < -0.3 is 5.32 Å². The molecule has 90 valence electrons. The maximum absolute atomic E-state index is 3.51. The minimum Gasteiger partial charge on any atom is -0.317 e. The Hall–Kier alpha value is -0.0400. The molecule has 1 rings (SSSR count). The lowest BCUT2D eigenvalue weighted by atomic mass is 9.81. The van der Waals surface area contributed by atoms with Crippen molar-refractivity contribution in [2.24, 2.45) is 5.92 Å². The first kappa shape index (κ1) is 13.0. The first-order valence-corrected chi connectivity index (χ1v) is 7.05.